The number of anilines is 1. The van der Waals surface area contributed by atoms with E-state index in [2.05, 4.69) is 25.2 Å². The van der Waals surface area contributed by atoms with Gasteiger partial charge in [0.25, 0.3) is 11.8 Å². The monoisotopic (exact) mass is 536 g/mol. The van der Waals surface area contributed by atoms with Crippen LogP contribution in [-0.4, -0.2) is 59.3 Å². The molecule has 5 N–H and O–H groups in total. The van der Waals surface area contributed by atoms with E-state index in [1.165, 1.54) is 18.9 Å². The van der Waals surface area contributed by atoms with Gasteiger partial charge in [0, 0.05) is 23.7 Å². The van der Waals surface area contributed by atoms with Crippen LogP contribution in [0.2, 0.25) is 0 Å². The maximum atomic E-state index is 14.4. The van der Waals surface area contributed by atoms with E-state index in [0.717, 1.165) is 62.9 Å². The van der Waals surface area contributed by atoms with Gasteiger partial charge in [-0.25, -0.2) is 13.6 Å². The highest BCUT2D eigenvalue weighted by Gasteiger charge is 2.26. The average molecular weight is 537 g/mol. The molecule has 0 unspecified atom stereocenters. The molecule has 0 bridgehead atoms. The maximum Gasteiger partial charge on any atom is 0.319 e. The molecule has 10 nitrogen and oxygen atoms in total. The highest BCUT2D eigenvalue weighted by molar-refractivity contribution is 7.11. The third-order valence-electron chi connectivity index (χ3n) is 6.16. The fraction of sp³-hybridized carbons (Fsp3) is 0.500. The number of halogens is 2. The lowest BCUT2D eigenvalue weighted by molar-refractivity contribution is 0.0949. The second-order valence-electron chi connectivity index (χ2n) is 9.16. The largest absolute Gasteiger partial charge is 0.471 e. The number of carbonyl (C=O) groups is 3. The molecule has 13 heteroatoms. The Kier molecular flexibility index (Phi) is 8.87. The summed E-state index contributed by atoms with van der Waals surface area (Å²) in [6, 6.07) is 1.53. The molecule has 1 saturated heterocycles. The van der Waals surface area contributed by atoms with Gasteiger partial charge in [-0.1, -0.05) is 0 Å². The van der Waals surface area contributed by atoms with Crippen LogP contribution in [0.1, 0.15) is 64.8 Å². The molecule has 4 amide bonds. The molecule has 1 aromatic heterocycles. The van der Waals surface area contributed by atoms with Crippen LogP contribution in [0.15, 0.2) is 12.1 Å². The van der Waals surface area contributed by atoms with Gasteiger partial charge in [0.2, 0.25) is 5.88 Å². The van der Waals surface area contributed by atoms with Crippen molar-refractivity contribution < 1.29 is 27.9 Å². The lowest BCUT2D eigenvalue weighted by Gasteiger charge is -2.14. The Balaban J connectivity index is 1.32. The number of hydrogen-bond acceptors (Lipinski definition) is 7. The Morgan fingerprint density at radius 3 is 2.62 bits per heavy atom. The summed E-state index contributed by atoms with van der Waals surface area (Å²) in [5.74, 6) is -4.03. The highest BCUT2D eigenvalue weighted by Crippen LogP contribution is 2.31. The molecule has 2 fully saturated rings. The second kappa shape index (κ2) is 12.3. The number of nitrogens with zero attached hydrogens (tertiary/aromatic N) is 2. The minimum absolute atomic E-state index is 0.0442. The van der Waals surface area contributed by atoms with Crippen molar-refractivity contribution in [3.63, 3.8) is 0 Å². The minimum Gasteiger partial charge on any atom is -0.471 e. The van der Waals surface area contributed by atoms with E-state index in [0.29, 0.717) is 6.54 Å². The molecule has 1 saturated carbocycles. The van der Waals surface area contributed by atoms with Crippen molar-refractivity contribution in [2.75, 3.05) is 31.5 Å². The molecule has 37 heavy (non-hydrogen) atoms. The van der Waals surface area contributed by atoms with Crippen molar-refractivity contribution in [3.05, 3.63) is 40.5 Å². The predicted molar refractivity (Wildman–Crippen MR) is 134 cm³/mol. The van der Waals surface area contributed by atoms with E-state index in [9.17, 15) is 23.2 Å². The molecule has 1 aromatic carbocycles. The number of ether oxygens (including phenoxy) is 1. The topological polar surface area (TPSA) is 139 Å². The van der Waals surface area contributed by atoms with Gasteiger partial charge in [0.1, 0.15) is 17.2 Å². The van der Waals surface area contributed by atoms with Crippen LogP contribution in [0, 0.1) is 11.6 Å². The lowest BCUT2D eigenvalue weighted by atomic mass is 10.1. The fourth-order valence-electron chi connectivity index (χ4n) is 4.02. The van der Waals surface area contributed by atoms with Gasteiger partial charge < -0.3 is 26.0 Å². The van der Waals surface area contributed by atoms with Gasteiger partial charge in [0.15, 0.2) is 11.6 Å². The number of carbonyl (C=O) groups excluding carboxylic acids is 3. The quantitative estimate of drug-likeness (QED) is 0.308. The number of rotatable bonds is 12. The highest BCUT2D eigenvalue weighted by atomic mass is 32.1. The summed E-state index contributed by atoms with van der Waals surface area (Å²) in [4.78, 5) is 39.0. The van der Waals surface area contributed by atoms with Gasteiger partial charge >= 0.3 is 6.03 Å². The number of hydrogen-bond donors (Lipinski definition) is 4. The summed E-state index contributed by atoms with van der Waals surface area (Å²) in [5, 5.41) is 8.04. The predicted octanol–water partition coefficient (Wildman–Crippen LogP) is 2.99. The average Bonchev–Trinajstić information content (AvgIpc) is 3.34. The van der Waals surface area contributed by atoms with Gasteiger partial charge in [-0.3, -0.25) is 14.9 Å². The maximum absolute atomic E-state index is 14.4. The third-order valence-corrected chi connectivity index (χ3v) is 6.91. The van der Waals surface area contributed by atoms with Gasteiger partial charge in [-0.05, 0) is 81.8 Å². The van der Waals surface area contributed by atoms with Crippen LogP contribution in [0.3, 0.4) is 0 Å². The Labute approximate surface area is 217 Å². The van der Waals surface area contributed by atoms with E-state index < -0.39 is 36.1 Å². The van der Waals surface area contributed by atoms with Crippen LogP contribution in [0.5, 0.6) is 5.88 Å². The molecule has 2 aromatic rings. The SMILES string of the molecule is NC(=O)c1c(OCc2cc(C(=O)NC3CC3)cc(F)c2F)nsc1NC(=O)NCCCCN1CCCC1. The van der Waals surface area contributed by atoms with Crippen molar-refractivity contribution in [2.24, 2.45) is 5.73 Å². The Bertz CT molecular complexity index is 1150. The number of amides is 4. The molecule has 2 aliphatic rings. The van der Waals surface area contributed by atoms with Gasteiger partial charge in [-0.15, -0.1) is 0 Å². The zero-order valence-corrected chi connectivity index (χ0v) is 21.1. The molecule has 0 spiro atoms. The van der Waals surface area contributed by atoms with E-state index in [4.69, 9.17) is 10.5 Å². The first-order valence-electron chi connectivity index (χ1n) is 12.3. The normalized spacial score (nSPS) is 15.4. The van der Waals surface area contributed by atoms with Crippen LogP contribution in [0.25, 0.3) is 0 Å². The van der Waals surface area contributed by atoms with Crippen LogP contribution >= 0.6 is 11.5 Å². The van der Waals surface area contributed by atoms with Crippen molar-refractivity contribution in [1.82, 2.24) is 19.9 Å². The smallest absolute Gasteiger partial charge is 0.319 e. The fourth-order valence-corrected chi connectivity index (χ4v) is 4.75. The summed E-state index contributed by atoms with van der Waals surface area (Å²) in [6.07, 6.45) is 5.93. The summed E-state index contributed by atoms with van der Waals surface area (Å²) >= 11 is 0.771. The molecule has 0 atom stereocenters. The van der Waals surface area contributed by atoms with Crippen LogP contribution < -0.4 is 26.4 Å². The standard InChI is InChI=1S/C24H30F2N6O4S/c25-17-12-14(21(34)29-16-5-6-16)11-15(19(17)26)13-36-22-18(20(27)33)23(37-31-22)30-24(35)28-7-1-2-8-32-9-3-4-10-32/h11-12,16H,1-10,13H2,(H2,27,33)(H,29,34)(H2,28,30,35). The van der Waals surface area contributed by atoms with Gasteiger partial charge in [-0.2, -0.15) is 4.37 Å². The van der Waals surface area contributed by atoms with E-state index in [1.54, 1.807) is 0 Å². The minimum atomic E-state index is -1.20. The number of primary amides is 1. The van der Waals surface area contributed by atoms with Crippen LogP contribution in [0.4, 0.5) is 18.6 Å². The summed E-state index contributed by atoms with van der Waals surface area (Å²) in [5.41, 5.74) is 5.00. The summed E-state index contributed by atoms with van der Waals surface area (Å²) in [7, 11) is 0. The number of unbranched alkanes of at least 4 members (excludes halogenated alkanes) is 1. The first-order chi connectivity index (χ1) is 17.8. The Hall–Kier alpha value is -3.32. The molecule has 200 valence electrons. The lowest BCUT2D eigenvalue weighted by Crippen LogP contribution is -2.30. The molecule has 0 radical (unpaired) electrons. The third kappa shape index (κ3) is 7.35. The van der Waals surface area contributed by atoms with Crippen molar-refractivity contribution in [1.29, 1.82) is 0 Å². The van der Waals surface area contributed by atoms with Crippen molar-refractivity contribution in [3.8, 4) is 5.88 Å². The number of nitrogens with two attached hydrogens (primary N) is 1. The van der Waals surface area contributed by atoms with E-state index in [-0.39, 0.29) is 33.6 Å². The number of urea groups is 1. The molecule has 1 aliphatic carbocycles. The zero-order chi connectivity index (χ0) is 26.4. The first-order valence-corrected chi connectivity index (χ1v) is 13.1. The van der Waals surface area contributed by atoms with E-state index in [1.807, 2.05) is 0 Å². The zero-order valence-electron chi connectivity index (χ0n) is 20.3. The number of benzene rings is 1. The number of nitrogens with one attached hydrogen (secondary N) is 3. The Morgan fingerprint density at radius 2 is 1.92 bits per heavy atom. The molecular weight excluding hydrogens is 506 g/mol. The van der Waals surface area contributed by atoms with E-state index >= 15 is 0 Å². The molecule has 1 aliphatic heterocycles. The second-order valence-corrected chi connectivity index (χ2v) is 9.93. The molecule has 4 rings (SSSR count). The number of aromatic nitrogens is 1. The van der Waals surface area contributed by atoms with Crippen molar-refractivity contribution in [2.45, 2.75) is 51.2 Å². The molecule has 2 heterocycles. The van der Waals surface area contributed by atoms with Gasteiger partial charge in [0.05, 0.1) is 0 Å². The Morgan fingerprint density at radius 1 is 1.16 bits per heavy atom. The number of likely N-dealkylation sites (tertiary alicyclic amines) is 1. The first kappa shape index (κ1) is 26.7. The van der Waals surface area contributed by atoms with Crippen LogP contribution in [-0.2, 0) is 6.61 Å². The summed E-state index contributed by atoms with van der Waals surface area (Å²) in [6.45, 7) is 3.21. The molecular formula is C24H30F2N6O4S. The van der Waals surface area contributed by atoms with Crippen molar-refractivity contribution >= 4 is 34.4 Å². The summed E-state index contributed by atoms with van der Waals surface area (Å²) < 4.78 is 37.9.